The van der Waals surface area contributed by atoms with Crippen molar-refractivity contribution < 1.29 is 14.3 Å². The van der Waals surface area contributed by atoms with Crippen LogP contribution in [-0.4, -0.2) is 61.6 Å². The summed E-state index contributed by atoms with van der Waals surface area (Å²) in [7, 11) is 3.84. The van der Waals surface area contributed by atoms with E-state index >= 15 is 0 Å². The van der Waals surface area contributed by atoms with Gasteiger partial charge in [-0.2, -0.15) is 0 Å². The van der Waals surface area contributed by atoms with Crippen LogP contribution in [0, 0.1) is 0 Å². The van der Waals surface area contributed by atoms with Crippen molar-refractivity contribution in [2.45, 2.75) is 51.3 Å². The topological polar surface area (TPSA) is 42.0 Å². The van der Waals surface area contributed by atoms with Gasteiger partial charge >= 0.3 is 0 Å². The number of ether oxygens (including phenoxy) is 2. The Morgan fingerprint density at radius 1 is 1.20 bits per heavy atom. The average molecular weight is 346 g/mol. The molecule has 0 unspecified atom stereocenters. The second-order valence-electron chi connectivity index (χ2n) is 7.06. The number of carbonyl (C=O) groups is 1. The molecule has 2 fully saturated rings. The Bertz CT molecular complexity index is 605. The van der Waals surface area contributed by atoms with E-state index in [9.17, 15) is 4.79 Å². The molecule has 1 aromatic rings. The minimum absolute atomic E-state index is 0.142. The average Bonchev–Trinajstić information content (AvgIpc) is 3.27. The Balaban J connectivity index is 1.79. The molecule has 2 aliphatic rings. The number of benzene rings is 1. The number of likely N-dealkylation sites (N-methyl/N-ethyl adjacent to an activating group) is 1. The predicted octanol–water partition coefficient (Wildman–Crippen LogP) is 2.93. The SMILES string of the molecule is CCOCc1cc(C(=O)N2CCC[C@H]2[C@@H]2CCCN2C)ccc1OC. The van der Waals surface area contributed by atoms with Gasteiger partial charge in [-0.1, -0.05) is 0 Å². The van der Waals surface area contributed by atoms with Gasteiger partial charge < -0.3 is 19.3 Å². The normalized spacial score (nSPS) is 24.0. The van der Waals surface area contributed by atoms with Gasteiger partial charge in [-0.25, -0.2) is 0 Å². The minimum atomic E-state index is 0.142. The molecule has 25 heavy (non-hydrogen) atoms. The third-order valence-corrected chi connectivity index (χ3v) is 5.57. The fourth-order valence-electron chi connectivity index (χ4n) is 4.27. The number of carbonyl (C=O) groups excluding carboxylic acids is 1. The lowest BCUT2D eigenvalue weighted by Crippen LogP contribution is -2.47. The van der Waals surface area contributed by atoms with Gasteiger partial charge in [0.25, 0.3) is 5.91 Å². The van der Waals surface area contributed by atoms with E-state index in [2.05, 4.69) is 16.8 Å². The molecule has 2 atom stereocenters. The predicted molar refractivity (Wildman–Crippen MR) is 98.0 cm³/mol. The molecular formula is C20H30N2O3. The molecule has 0 aromatic heterocycles. The van der Waals surface area contributed by atoms with Gasteiger partial charge in [0.1, 0.15) is 5.75 Å². The number of amides is 1. The largest absolute Gasteiger partial charge is 0.496 e. The van der Waals surface area contributed by atoms with Gasteiger partial charge in [-0.15, -0.1) is 0 Å². The summed E-state index contributed by atoms with van der Waals surface area (Å²) >= 11 is 0. The lowest BCUT2D eigenvalue weighted by atomic mass is 10.0. The summed E-state index contributed by atoms with van der Waals surface area (Å²) in [5, 5.41) is 0. The third kappa shape index (κ3) is 3.82. The van der Waals surface area contributed by atoms with Crippen LogP contribution in [0.1, 0.15) is 48.5 Å². The molecule has 0 bridgehead atoms. The van der Waals surface area contributed by atoms with E-state index in [4.69, 9.17) is 9.47 Å². The number of likely N-dealkylation sites (tertiary alicyclic amines) is 2. The highest BCUT2D eigenvalue weighted by Crippen LogP contribution is 2.31. The van der Waals surface area contributed by atoms with Crippen molar-refractivity contribution in [3.8, 4) is 5.75 Å². The number of rotatable bonds is 6. The number of hydrogen-bond acceptors (Lipinski definition) is 4. The molecule has 1 aromatic carbocycles. The molecule has 138 valence electrons. The molecule has 0 spiro atoms. The highest BCUT2D eigenvalue weighted by molar-refractivity contribution is 5.95. The van der Waals surface area contributed by atoms with Crippen LogP contribution in [0.5, 0.6) is 5.75 Å². The van der Waals surface area contributed by atoms with Gasteiger partial charge in [0.05, 0.1) is 13.7 Å². The Morgan fingerprint density at radius 3 is 2.64 bits per heavy atom. The maximum absolute atomic E-state index is 13.2. The van der Waals surface area contributed by atoms with Gasteiger partial charge in [-0.3, -0.25) is 4.79 Å². The quantitative estimate of drug-likeness (QED) is 0.794. The number of methoxy groups -OCH3 is 1. The van der Waals surface area contributed by atoms with Crippen molar-refractivity contribution in [3.05, 3.63) is 29.3 Å². The first-order chi connectivity index (χ1) is 12.2. The summed E-state index contributed by atoms with van der Waals surface area (Å²) in [5.41, 5.74) is 1.67. The summed E-state index contributed by atoms with van der Waals surface area (Å²) in [5.74, 6) is 0.918. The van der Waals surface area contributed by atoms with Crippen LogP contribution in [0.15, 0.2) is 18.2 Å². The van der Waals surface area contributed by atoms with Gasteiger partial charge in [0, 0.05) is 36.4 Å². The monoisotopic (exact) mass is 346 g/mol. The fourth-order valence-corrected chi connectivity index (χ4v) is 4.27. The van der Waals surface area contributed by atoms with Crippen molar-refractivity contribution in [2.24, 2.45) is 0 Å². The van der Waals surface area contributed by atoms with Crippen LogP contribution in [0.4, 0.5) is 0 Å². The molecule has 2 saturated heterocycles. The smallest absolute Gasteiger partial charge is 0.254 e. The Kier molecular flexibility index (Phi) is 5.97. The zero-order valence-electron chi connectivity index (χ0n) is 15.7. The van der Waals surface area contributed by atoms with Crippen molar-refractivity contribution in [1.82, 2.24) is 9.80 Å². The highest BCUT2D eigenvalue weighted by Gasteiger charge is 2.38. The Labute approximate surface area is 150 Å². The summed E-state index contributed by atoms with van der Waals surface area (Å²) in [6, 6.07) is 6.55. The molecule has 5 heteroatoms. The van der Waals surface area contributed by atoms with Crippen LogP contribution in [0.3, 0.4) is 0 Å². The van der Waals surface area contributed by atoms with Crippen molar-refractivity contribution in [1.29, 1.82) is 0 Å². The molecule has 3 rings (SSSR count). The van der Waals surface area contributed by atoms with Crippen LogP contribution >= 0.6 is 0 Å². The lowest BCUT2D eigenvalue weighted by molar-refractivity contribution is 0.0664. The molecule has 2 heterocycles. The van der Waals surface area contributed by atoms with E-state index in [0.717, 1.165) is 42.8 Å². The van der Waals surface area contributed by atoms with E-state index in [-0.39, 0.29) is 5.91 Å². The number of nitrogens with zero attached hydrogens (tertiary/aromatic N) is 2. The minimum Gasteiger partial charge on any atom is -0.496 e. The Morgan fingerprint density at radius 2 is 1.96 bits per heavy atom. The summed E-state index contributed by atoms with van der Waals surface area (Å²) in [6.45, 7) is 5.08. The van der Waals surface area contributed by atoms with Crippen molar-refractivity contribution in [2.75, 3.05) is 33.9 Å². The molecule has 0 aliphatic carbocycles. The van der Waals surface area contributed by atoms with Crippen LogP contribution in [0.25, 0.3) is 0 Å². The van der Waals surface area contributed by atoms with E-state index in [1.165, 1.54) is 12.8 Å². The van der Waals surface area contributed by atoms with Gasteiger partial charge in [0.15, 0.2) is 0 Å². The molecule has 2 aliphatic heterocycles. The van der Waals surface area contributed by atoms with E-state index < -0.39 is 0 Å². The Hall–Kier alpha value is -1.59. The second-order valence-corrected chi connectivity index (χ2v) is 7.06. The molecule has 5 nitrogen and oxygen atoms in total. The highest BCUT2D eigenvalue weighted by atomic mass is 16.5. The van der Waals surface area contributed by atoms with E-state index in [0.29, 0.717) is 25.3 Å². The first-order valence-corrected chi connectivity index (χ1v) is 9.41. The molecular weight excluding hydrogens is 316 g/mol. The third-order valence-electron chi connectivity index (χ3n) is 5.57. The standard InChI is InChI=1S/C20H30N2O3/c1-4-25-14-16-13-15(9-10-19(16)24-3)20(23)22-12-6-8-18(22)17-7-5-11-21(17)2/h9-10,13,17-18H,4-8,11-12,14H2,1-3H3/t17-,18-/m0/s1. The maximum Gasteiger partial charge on any atom is 0.254 e. The van der Waals surface area contributed by atoms with E-state index in [1.807, 2.05) is 25.1 Å². The molecule has 1 amide bonds. The fraction of sp³-hybridized carbons (Fsp3) is 0.650. The lowest BCUT2D eigenvalue weighted by Gasteiger charge is -2.33. The molecule has 0 N–H and O–H groups in total. The van der Waals surface area contributed by atoms with Gasteiger partial charge in [0.2, 0.25) is 0 Å². The van der Waals surface area contributed by atoms with Crippen LogP contribution < -0.4 is 4.74 Å². The second kappa shape index (κ2) is 8.19. The van der Waals surface area contributed by atoms with Crippen LogP contribution in [-0.2, 0) is 11.3 Å². The molecule has 0 saturated carbocycles. The zero-order chi connectivity index (χ0) is 17.8. The van der Waals surface area contributed by atoms with E-state index in [1.54, 1.807) is 7.11 Å². The van der Waals surface area contributed by atoms with Gasteiger partial charge in [-0.05, 0) is 64.4 Å². The first kappa shape index (κ1) is 18.2. The van der Waals surface area contributed by atoms with Crippen LogP contribution in [0.2, 0.25) is 0 Å². The number of hydrogen-bond donors (Lipinski definition) is 0. The summed E-state index contributed by atoms with van der Waals surface area (Å²) in [4.78, 5) is 17.7. The van der Waals surface area contributed by atoms with Crippen molar-refractivity contribution >= 4 is 5.91 Å². The summed E-state index contributed by atoms with van der Waals surface area (Å²) < 4.78 is 10.9. The molecule has 0 radical (unpaired) electrons. The summed E-state index contributed by atoms with van der Waals surface area (Å²) in [6.07, 6.45) is 4.65. The van der Waals surface area contributed by atoms with Crippen molar-refractivity contribution in [3.63, 3.8) is 0 Å². The first-order valence-electron chi connectivity index (χ1n) is 9.41. The zero-order valence-corrected chi connectivity index (χ0v) is 15.7. The maximum atomic E-state index is 13.2.